The summed E-state index contributed by atoms with van der Waals surface area (Å²) < 4.78 is 0. The van der Waals surface area contributed by atoms with Gasteiger partial charge >= 0.3 is 5.97 Å². The first-order chi connectivity index (χ1) is 11.1. The molecule has 0 heterocycles. The van der Waals surface area contributed by atoms with Crippen LogP contribution in [0.2, 0.25) is 0 Å². The fraction of sp³-hybridized carbons (Fsp3) is 0.650. The molecule has 0 aromatic carbocycles. The van der Waals surface area contributed by atoms with Gasteiger partial charge in [0.15, 0.2) is 5.78 Å². The van der Waals surface area contributed by atoms with Crippen LogP contribution in [-0.2, 0) is 14.4 Å². The van der Waals surface area contributed by atoms with Crippen LogP contribution in [0.4, 0.5) is 0 Å². The van der Waals surface area contributed by atoms with Crippen LogP contribution in [0.15, 0.2) is 23.3 Å². The van der Waals surface area contributed by atoms with Crippen LogP contribution < -0.4 is 0 Å². The van der Waals surface area contributed by atoms with Crippen molar-refractivity contribution in [2.75, 3.05) is 0 Å². The number of allylic oxidation sites excluding steroid dienone is 2. The Bertz CT molecular complexity index is 630. The number of carbonyl (C=O) groups excluding carboxylic acids is 2. The molecule has 1 fully saturated rings. The van der Waals surface area contributed by atoms with Crippen molar-refractivity contribution in [1.29, 1.82) is 0 Å². The number of aliphatic carboxylic acids is 1. The third-order valence-corrected chi connectivity index (χ3v) is 6.99. The van der Waals surface area contributed by atoms with E-state index in [2.05, 4.69) is 27.4 Å². The van der Waals surface area contributed by atoms with Gasteiger partial charge in [-0.05, 0) is 60.0 Å². The van der Waals surface area contributed by atoms with Crippen molar-refractivity contribution in [3.63, 3.8) is 0 Å². The number of Topliss-reactive ketones (excluding diaryl/α,β-unsaturated/α-hetero) is 1. The Morgan fingerprint density at radius 1 is 1.38 bits per heavy atom. The van der Waals surface area contributed by atoms with Gasteiger partial charge < -0.3 is 5.11 Å². The van der Waals surface area contributed by atoms with E-state index in [0.717, 1.165) is 30.3 Å². The lowest BCUT2D eigenvalue weighted by molar-refractivity contribution is -0.137. The Morgan fingerprint density at radius 3 is 2.54 bits per heavy atom. The Balaban J connectivity index is 2.30. The van der Waals surface area contributed by atoms with E-state index in [1.165, 1.54) is 0 Å². The number of fused-ring (bicyclic) bond motifs is 1. The van der Waals surface area contributed by atoms with Gasteiger partial charge in [-0.3, -0.25) is 14.4 Å². The maximum atomic E-state index is 12.6. The number of carbonyl (C=O) groups is 3. The highest BCUT2D eigenvalue weighted by atomic mass is 16.4. The molecule has 2 aliphatic carbocycles. The summed E-state index contributed by atoms with van der Waals surface area (Å²) in [6.07, 6.45) is 3.72. The molecule has 0 saturated heterocycles. The first kappa shape index (κ1) is 18.6. The fourth-order valence-corrected chi connectivity index (χ4v) is 4.92. The average molecular weight is 332 g/mol. The molecule has 1 saturated carbocycles. The number of aldehydes is 1. The van der Waals surface area contributed by atoms with E-state index in [0.29, 0.717) is 18.8 Å². The minimum Gasteiger partial charge on any atom is -0.481 e. The highest BCUT2D eigenvalue weighted by Gasteiger charge is 2.56. The Hall–Kier alpha value is -1.71. The molecule has 4 heteroatoms. The van der Waals surface area contributed by atoms with E-state index in [9.17, 15) is 14.4 Å². The van der Waals surface area contributed by atoms with Gasteiger partial charge in [-0.15, -0.1) is 0 Å². The molecule has 0 spiro atoms. The summed E-state index contributed by atoms with van der Waals surface area (Å²) >= 11 is 0. The van der Waals surface area contributed by atoms with Crippen LogP contribution in [0.5, 0.6) is 0 Å². The van der Waals surface area contributed by atoms with Crippen molar-refractivity contribution < 1.29 is 19.5 Å². The van der Waals surface area contributed by atoms with Crippen molar-refractivity contribution in [2.45, 2.75) is 59.8 Å². The lowest BCUT2D eigenvalue weighted by Gasteiger charge is -2.53. The number of hydrogen-bond acceptors (Lipinski definition) is 3. The van der Waals surface area contributed by atoms with E-state index in [-0.39, 0.29) is 34.5 Å². The molecular weight excluding hydrogens is 304 g/mol. The van der Waals surface area contributed by atoms with Crippen molar-refractivity contribution >= 4 is 18.0 Å². The second-order valence-electron chi connectivity index (χ2n) is 8.16. The molecule has 0 radical (unpaired) electrons. The molecule has 0 bridgehead atoms. The molecular formula is C20H28O4. The largest absolute Gasteiger partial charge is 0.481 e. The topological polar surface area (TPSA) is 71.4 Å². The molecule has 4 nitrogen and oxygen atoms in total. The zero-order chi connectivity index (χ0) is 18.3. The maximum Gasteiger partial charge on any atom is 0.307 e. The van der Waals surface area contributed by atoms with Crippen LogP contribution in [0.25, 0.3) is 0 Å². The van der Waals surface area contributed by atoms with Crippen molar-refractivity contribution in [3.8, 4) is 0 Å². The van der Waals surface area contributed by atoms with Gasteiger partial charge in [0.05, 0.1) is 6.42 Å². The fourth-order valence-electron chi connectivity index (χ4n) is 4.92. The zero-order valence-electron chi connectivity index (χ0n) is 15.1. The van der Waals surface area contributed by atoms with Gasteiger partial charge in [0, 0.05) is 6.42 Å². The molecule has 0 unspecified atom stereocenters. The van der Waals surface area contributed by atoms with Gasteiger partial charge in [0.25, 0.3) is 0 Å². The van der Waals surface area contributed by atoms with E-state index in [1.807, 2.05) is 6.92 Å². The first-order valence-electron chi connectivity index (χ1n) is 8.64. The SMILES string of the molecule is C=C(CC(=O)O)C(=O)C[C@@]1(C)[C@H](C)CC[C@@]2(C)C(C)=C(C=O)C[C@H]12. The van der Waals surface area contributed by atoms with E-state index in [4.69, 9.17) is 5.11 Å². The predicted molar refractivity (Wildman–Crippen MR) is 92.5 cm³/mol. The monoisotopic (exact) mass is 332 g/mol. The number of rotatable bonds is 6. The molecule has 0 aliphatic heterocycles. The van der Waals surface area contributed by atoms with Crippen LogP contribution >= 0.6 is 0 Å². The summed E-state index contributed by atoms with van der Waals surface area (Å²) in [4.78, 5) is 34.9. The number of carboxylic acid groups (broad SMARTS) is 1. The Labute approximate surface area is 144 Å². The van der Waals surface area contributed by atoms with Gasteiger partial charge in [-0.1, -0.05) is 32.9 Å². The van der Waals surface area contributed by atoms with Crippen molar-refractivity contribution in [3.05, 3.63) is 23.3 Å². The van der Waals surface area contributed by atoms with Crippen molar-refractivity contribution in [2.24, 2.45) is 22.7 Å². The third-order valence-electron chi connectivity index (χ3n) is 6.99. The maximum absolute atomic E-state index is 12.6. The molecule has 4 atom stereocenters. The van der Waals surface area contributed by atoms with E-state index >= 15 is 0 Å². The number of ketones is 1. The quantitative estimate of drug-likeness (QED) is 0.590. The summed E-state index contributed by atoms with van der Waals surface area (Å²) in [5.41, 5.74) is 1.90. The molecule has 1 N–H and O–H groups in total. The summed E-state index contributed by atoms with van der Waals surface area (Å²) in [5, 5.41) is 8.89. The van der Waals surface area contributed by atoms with Gasteiger partial charge in [0.1, 0.15) is 6.29 Å². The summed E-state index contributed by atoms with van der Waals surface area (Å²) in [6.45, 7) is 12.2. The Kier molecular flexibility index (Phi) is 4.89. The summed E-state index contributed by atoms with van der Waals surface area (Å²) in [6, 6.07) is 0. The molecule has 0 amide bonds. The second-order valence-corrected chi connectivity index (χ2v) is 8.16. The average Bonchev–Trinajstić information content (AvgIpc) is 2.76. The van der Waals surface area contributed by atoms with Crippen LogP contribution in [0, 0.1) is 22.7 Å². The number of hydrogen-bond donors (Lipinski definition) is 1. The van der Waals surface area contributed by atoms with Gasteiger partial charge in [-0.2, -0.15) is 0 Å². The lowest BCUT2D eigenvalue weighted by Crippen LogP contribution is -2.47. The Morgan fingerprint density at radius 2 is 2.00 bits per heavy atom. The first-order valence-corrected chi connectivity index (χ1v) is 8.64. The molecule has 0 aromatic heterocycles. The van der Waals surface area contributed by atoms with E-state index < -0.39 is 5.97 Å². The van der Waals surface area contributed by atoms with Crippen LogP contribution in [0.3, 0.4) is 0 Å². The minimum absolute atomic E-state index is 0.0497. The lowest BCUT2D eigenvalue weighted by atomic mass is 9.50. The van der Waals surface area contributed by atoms with E-state index in [1.54, 1.807) is 0 Å². The second kappa shape index (κ2) is 6.30. The third kappa shape index (κ3) is 2.87. The van der Waals surface area contributed by atoms with Crippen molar-refractivity contribution in [1.82, 2.24) is 0 Å². The molecule has 132 valence electrons. The normalized spacial score (nSPS) is 35.5. The van der Waals surface area contributed by atoms with Crippen LogP contribution in [0.1, 0.15) is 59.8 Å². The van der Waals surface area contributed by atoms with Crippen LogP contribution in [-0.4, -0.2) is 23.1 Å². The highest BCUT2D eigenvalue weighted by molar-refractivity contribution is 5.98. The summed E-state index contributed by atoms with van der Waals surface area (Å²) in [5.74, 6) is -0.610. The molecule has 0 aromatic rings. The van der Waals surface area contributed by atoms with Gasteiger partial charge in [-0.25, -0.2) is 0 Å². The number of carboxylic acids is 1. The highest BCUT2D eigenvalue weighted by Crippen LogP contribution is 2.64. The summed E-state index contributed by atoms with van der Waals surface area (Å²) in [7, 11) is 0. The molecule has 24 heavy (non-hydrogen) atoms. The zero-order valence-corrected chi connectivity index (χ0v) is 15.1. The standard InChI is InChI=1S/C20H28O4/c1-12(8-18(23)24)16(22)10-20(5)13(2)6-7-19(4)14(3)15(11-21)9-17(19)20/h11,13,17H,1,6-10H2,2-5H3,(H,23,24)/t13-,17+,19+,20+/m1/s1. The smallest absolute Gasteiger partial charge is 0.307 e. The molecule has 2 rings (SSSR count). The van der Waals surface area contributed by atoms with Gasteiger partial charge in [0.2, 0.25) is 0 Å². The molecule has 2 aliphatic rings. The minimum atomic E-state index is -1.03. The predicted octanol–water partition coefficient (Wildman–Crippen LogP) is 3.95.